The quantitative estimate of drug-likeness (QED) is 0.843. The van der Waals surface area contributed by atoms with E-state index in [2.05, 4.69) is 19.9 Å². The highest BCUT2D eigenvalue weighted by atomic mass is 32.1. The lowest BCUT2D eigenvalue weighted by atomic mass is 10.1. The molecule has 0 saturated heterocycles. The second kappa shape index (κ2) is 5.49. The zero-order chi connectivity index (χ0) is 11.4. The van der Waals surface area contributed by atoms with Gasteiger partial charge in [0, 0.05) is 17.6 Å². The third-order valence-electron chi connectivity index (χ3n) is 2.26. The van der Waals surface area contributed by atoms with Crippen molar-refractivity contribution in [2.45, 2.75) is 25.8 Å². The van der Waals surface area contributed by atoms with Gasteiger partial charge in [-0.3, -0.25) is 0 Å². The van der Waals surface area contributed by atoms with Gasteiger partial charge in [-0.15, -0.1) is 11.3 Å². The van der Waals surface area contributed by atoms with Crippen molar-refractivity contribution in [3.05, 3.63) is 16.5 Å². The van der Waals surface area contributed by atoms with Gasteiger partial charge in [-0.1, -0.05) is 13.8 Å². The van der Waals surface area contributed by atoms with E-state index in [1.807, 2.05) is 0 Å². The van der Waals surface area contributed by atoms with E-state index in [9.17, 15) is 0 Å². The summed E-state index contributed by atoms with van der Waals surface area (Å²) in [6.07, 6.45) is 0. The Balaban J connectivity index is 2.91. The van der Waals surface area contributed by atoms with Crippen molar-refractivity contribution < 1.29 is 9.47 Å². The molecule has 15 heavy (non-hydrogen) atoms. The van der Waals surface area contributed by atoms with Gasteiger partial charge in [0.25, 0.3) is 0 Å². The molecule has 86 valence electrons. The van der Waals surface area contributed by atoms with Gasteiger partial charge in [0.05, 0.1) is 19.8 Å². The molecule has 1 unspecified atom stereocenters. The summed E-state index contributed by atoms with van der Waals surface area (Å²) in [5.41, 5.74) is 7.20. The molecular weight excluding hydrogens is 210 g/mol. The van der Waals surface area contributed by atoms with Crippen molar-refractivity contribution >= 4 is 11.3 Å². The van der Waals surface area contributed by atoms with Gasteiger partial charge in [-0.25, -0.2) is 0 Å². The first-order valence-electron chi connectivity index (χ1n) is 5.02. The lowest BCUT2D eigenvalue weighted by Crippen LogP contribution is -2.14. The van der Waals surface area contributed by atoms with Crippen molar-refractivity contribution in [2.75, 3.05) is 20.8 Å². The Kier molecular flexibility index (Phi) is 4.57. The predicted octanol–water partition coefficient (Wildman–Crippen LogP) is 2.53. The second-order valence-electron chi connectivity index (χ2n) is 3.81. The maximum Gasteiger partial charge on any atom is 0.177 e. The third kappa shape index (κ3) is 2.93. The highest BCUT2D eigenvalue weighted by Gasteiger charge is 2.16. The zero-order valence-electron chi connectivity index (χ0n) is 9.74. The van der Waals surface area contributed by atoms with Crippen LogP contribution in [0.15, 0.2) is 6.07 Å². The summed E-state index contributed by atoms with van der Waals surface area (Å²) in [4.78, 5) is 1.12. The Hall–Kier alpha value is -0.580. The van der Waals surface area contributed by atoms with Crippen molar-refractivity contribution in [3.8, 4) is 5.06 Å². The molecule has 1 heterocycles. The molecule has 0 saturated carbocycles. The molecule has 3 nitrogen and oxygen atoms in total. The summed E-state index contributed by atoms with van der Waals surface area (Å²) in [5.74, 6) is 0.458. The first kappa shape index (κ1) is 12.5. The standard InChI is InChI=1S/C11H19NO2S/c1-7(2)8-5-10(9(12)6-13-3)15-11(8)14-4/h5,7,9H,6,12H2,1-4H3. The number of hydrogen-bond acceptors (Lipinski definition) is 4. The molecule has 0 aliphatic heterocycles. The first-order valence-corrected chi connectivity index (χ1v) is 5.84. The molecule has 2 N–H and O–H groups in total. The van der Waals surface area contributed by atoms with Crippen LogP contribution >= 0.6 is 11.3 Å². The van der Waals surface area contributed by atoms with Crippen LogP contribution in [0.4, 0.5) is 0 Å². The number of hydrogen-bond donors (Lipinski definition) is 1. The summed E-state index contributed by atoms with van der Waals surface area (Å²) in [6.45, 7) is 4.84. The van der Waals surface area contributed by atoms with Crippen LogP contribution in [0.2, 0.25) is 0 Å². The highest BCUT2D eigenvalue weighted by Crippen LogP contribution is 2.37. The van der Waals surface area contributed by atoms with E-state index in [0.717, 1.165) is 9.94 Å². The van der Waals surface area contributed by atoms with Crippen LogP contribution < -0.4 is 10.5 Å². The van der Waals surface area contributed by atoms with E-state index >= 15 is 0 Å². The van der Waals surface area contributed by atoms with E-state index in [0.29, 0.717) is 12.5 Å². The second-order valence-corrected chi connectivity index (χ2v) is 4.86. The first-order chi connectivity index (χ1) is 7.10. The van der Waals surface area contributed by atoms with Crippen molar-refractivity contribution in [2.24, 2.45) is 5.73 Å². The molecule has 4 heteroatoms. The summed E-state index contributed by atoms with van der Waals surface area (Å²) in [5, 5.41) is 0.964. The fourth-order valence-electron chi connectivity index (χ4n) is 1.41. The van der Waals surface area contributed by atoms with Crippen LogP contribution in [0.25, 0.3) is 0 Å². The Bertz CT molecular complexity index is 310. The van der Waals surface area contributed by atoms with E-state index in [1.165, 1.54) is 5.56 Å². The van der Waals surface area contributed by atoms with Gasteiger partial charge < -0.3 is 15.2 Å². The molecule has 0 aliphatic rings. The monoisotopic (exact) mass is 229 g/mol. The maximum absolute atomic E-state index is 5.97. The van der Waals surface area contributed by atoms with Crippen LogP contribution in [0, 0.1) is 0 Å². The third-order valence-corrected chi connectivity index (χ3v) is 3.51. The van der Waals surface area contributed by atoms with Gasteiger partial charge in [-0.2, -0.15) is 0 Å². The lowest BCUT2D eigenvalue weighted by Gasteiger charge is -2.06. The largest absolute Gasteiger partial charge is 0.487 e. The molecule has 1 rings (SSSR count). The topological polar surface area (TPSA) is 44.5 Å². The minimum Gasteiger partial charge on any atom is -0.487 e. The molecule has 0 fully saturated rings. The van der Waals surface area contributed by atoms with Crippen LogP contribution in [-0.4, -0.2) is 20.8 Å². The zero-order valence-corrected chi connectivity index (χ0v) is 10.6. The molecule has 0 aliphatic carbocycles. The number of ether oxygens (including phenoxy) is 2. The van der Waals surface area contributed by atoms with Gasteiger partial charge in [0.15, 0.2) is 5.06 Å². The highest BCUT2D eigenvalue weighted by molar-refractivity contribution is 7.14. The summed E-state index contributed by atoms with van der Waals surface area (Å²) in [6, 6.07) is 2.07. The Morgan fingerprint density at radius 1 is 1.40 bits per heavy atom. The van der Waals surface area contributed by atoms with Gasteiger partial charge >= 0.3 is 0 Å². The number of thiophene rings is 1. The van der Waals surface area contributed by atoms with Crippen LogP contribution in [-0.2, 0) is 4.74 Å². The average Bonchev–Trinajstić information content (AvgIpc) is 2.61. The Labute approximate surface area is 95.2 Å². The molecule has 1 aromatic rings. The van der Waals surface area contributed by atoms with Crippen LogP contribution in [0.5, 0.6) is 5.06 Å². The number of nitrogens with two attached hydrogens (primary N) is 1. The van der Waals surface area contributed by atoms with E-state index < -0.39 is 0 Å². The van der Waals surface area contributed by atoms with Gasteiger partial charge in [0.2, 0.25) is 0 Å². The normalized spacial score (nSPS) is 13.2. The fraction of sp³-hybridized carbons (Fsp3) is 0.636. The van der Waals surface area contributed by atoms with E-state index in [-0.39, 0.29) is 6.04 Å². The van der Waals surface area contributed by atoms with E-state index in [1.54, 1.807) is 25.6 Å². The van der Waals surface area contributed by atoms with Crippen LogP contribution in [0.1, 0.15) is 36.2 Å². The number of methoxy groups -OCH3 is 2. The minimum atomic E-state index is -0.0543. The molecule has 1 aromatic heterocycles. The molecule has 1 atom stereocenters. The van der Waals surface area contributed by atoms with Crippen molar-refractivity contribution in [1.82, 2.24) is 0 Å². The van der Waals surface area contributed by atoms with E-state index in [4.69, 9.17) is 15.2 Å². The van der Waals surface area contributed by atoms with Crippen LogP contribution in [0.3, 0.4) is 0 Å². The Morgan fingerprint density at radius 2 is 2.07 bits per heavy atom. The van der Waals surface area contributed by atoms with Crippen molar-refractivity contribution in [3.63, 3.8) is 0 Å². The maximum atomic E-state index is 5.97. The molecule has 0 bridgehead atoms. The van der Waals surface area contributed by atoms with Gasteiger partial charge in [0.1, 0.15) is 0 Å². The lowest BCUT2D eigenvalue weighted by molar-refractivity contribution is 0.182. The molecule has 0 radical (unpaired) electrons. The molecule has 0 aromatic carbocycles. The molecular formula is C11H19NO2S. The smallest absolute Gasteiger partial charge is 0.177 e. The average molecular weight is 229 g/mol. The predicted molar refractivity (Wildman–Crippen MR) is 63.8 cm³/mol. The molecule has 0 amide bonds. The summed E-state index contributed by atoms with van der Waals surface area (Å²) >= 11 is 1.61. The Morgan fingerprint density at radius 3 is 2.47 bits per heavy atom. The molecule has 0 spiro atoms. The summed E-state index contributed by atoms with van der Waals surface area (Å²) < 4.78 is 10.4. The minimum absolute atomic E-state index is 0.0543. The summed E-state index contributed by atoms with van der Waals surface area (Å²) in [7, 11) is 3.36. The van der Waals surface area contributed by atoms with Gasteiger partial charge in [-0.05, 0) is 12.0 Å². The van der Waals surface area contributed by atoms with Crippen molar-refractivity contribution in [1.29, 1.82) is 0 Å². The fourth-order valence-corrected chi connectivity index (χ4v) is 2.53. The SMILES string of the molecule is COCC(N)c1cc(C(C)C)c(OC)s1. The number of rotatable bonds is 5.